The molecule has 0 fully saturated rings. The lowest BCUT2D eigenvalue weighted by atomic mass is 10.2. The van der Waals surface area contributed by atoms with Crippen LogP contribution in [0, 0.1) is 0 Å². The number of ketones is 1. The van der Waals surface area contributed by atoms with E-state index < -0.39 is 17.7 Å². The standard InChI is InChI=1S/C11H14O5/c1-7(2)10(13)15-5-6-16-11(14)8(3)9(4)12/h1,3,5-6H2,2,4H3. The van der Waals surface area contributed by atoms with E-state index in [-0.39, 0.29) is 24.4 Å². The highest BCUT2D eigenvalue weighted by Gasteiger charge is 2.12. The Morgan fingerprint density at radius 3 is 1.75 bits per heavy atom. The molecule has 0 radical (unpaired) electrons. The van der Waals surface area contributed by atoms with Gasteiger partial charge in [0.25, 0.3) is 0 Å². The van der Waals surface area contributed by atoms with Crippen LogP contribution >= 0.6 is 0 Å². The third-order valence-electron chi connectivity index (χ3n) is 1.57. The predicted molar refractivity (Wildman–Crippen MR) is 56.6 cm³/mol. The van der Waals surface area contributed by atoms with Crippen LogP contribution in [0.3, 0.4) is 0 Å². The topological polar surface area (TPSA) is 69.7 Å². The van der Waals surface area contributed by atoms with Gasteiger partial charge in [0.05, 0.1) is 5.57 Å². The molecule has 0 unspecified atom stereocenters. The molecule has 0 atom stereocenters. The number of hydrogen-bond acceptors (Lipinski definition) is 5. The highest BCUT2D eigenvalue weighted by atomic mass is 16.6. The van der Waals surface area contributed by atoms with E-state index in [1.54, 1.807) is 0 Å². The fourth-order valence-corrected chi connectivity index (χ4v) is 0.623. The summed E-state index contributed by atoms with van der Waals surface area (Å²) < 4.78 is 9.29. The lowest BCUT2D eigenvalue weighted by Gasteiger charge is -2.06. The number of Topliss-reactive ketones (excluding diaryl/α,β-unsaturated/α-hetero) is 1. The molecule has 0 heterocycles. The Morgan fingerprint density at radius 1 is 0.938 bits per heavy atom. The maximum absolute atomic E-state index is 11.1. The molecule has 0 N–H and O–H groups in total. The summed E-state index contributed by atoms with van der Waals surface area (Å²) in [5.74, 6) is -1.82. The maximum Gasteiger partial charge on any atom is 0.341 e. The molecule has 5 heteroatoms. The Morgan fingerprint density at radius 2 is 1.38 bits per heavy atom. The minimum absolute atomic E-state index is 0.0807. The molecule has 0 rings (SSSR count). The van der Waals surface area contributed by atoms with Crippen molar-refractivity contribution in [2.45, 2.75) is 13.8 Å². The van der Waals surface area contributed by atoms with Crippen LogP contribution in [0.15, 0.2) is 24.3 Å². The van der Waals surface area contributed by atoms with E-state index in [0.717, 1.165) is 0 Å². The van der Waals surface area contributed by atoms with Crippen molar-refractivity contribution in [2.24, 2.45) is 0 Å². The molecule has 0 amide bonds. The van der Waals surface area contributed by atoms with Gasteiger partial charge in [-0.1, -0.05) is 13.2 Å². The lowest BCUT2D eigenvalue weighted by molar-refractivity contribution is -0.147. The number of carbonyl (C=O) groups excluding carboxylic acids is 3. The van der Waals surface area contributed by atoms with E-state index in [1.165, 1.54) is 13.8 Å². The number of esters is 2. The largest absolute Gasteiger partial charge is 0.459 e. The Kier molecular flexibility index (Phi) is 5.77. The SMILES string of the molecule is C=C(C)C(=O)OCCOC(=O)C(=C)C(C)=O. The summed E-state index contributed by atoms with van der Waals surface area (Å²) in [7, 11) is 0. The summed E-state index contributed by atoms with van der Waals surface area (Å²) in [5, 5.41) is 0. The zero-order valence-corrected chi connectivity index (χ0v) is 9.37. The number of rotatable bonds is 6. The van der Waals surface area contributed by atoms with Gasteiger partial charge in [-0.2, -0.15) is 0 Å². The van der Waals surface area contributed by atoms with Gasteiger partial charge in [-0.3, -0.25) is 4.79 Å². The minimum Gasteiger partial charge on any atom is -0.459 e. The Labute approximate surface area is 93.7 Å². The van der Waals surface area contributed by atoms with Gasteiger partial charge in [0.15, 0.2) is 5.78 Å². The van der Waals surface area contributed by atoms with E-state index in [1.807, 2.05) is 0 Å². The molecular weight excluding hydrogens is 212 g/mol. The Bertz CT molecular complexity index is 340. The molecule has 88 valence electrons. The van der Waals surface area contributed by atoms with Crippen LogP contribution in [0.2, 0.25) is 0 Å². The van der Waals surface area contributed by atoms with Crippen LogP contribution in [0.4, 0.5) is 0 Å². The summed E-state index contributed by atoms with van der Waals surface area (Å²) in [6.07, 6.45) is 0. The highest BCUT2D eigenvalue weighted by Crippen LogP contribution is 1.97. The van der Waals surface area contributed by atoms with Gasteiger partial charge in [0.1, 0.15) is 13.2 Å². The van der Waals surface area contributed by atoms with E-state index in [9.17, 15) is 14.4 Å². The number of hydrogen-bond donors (Lipinski definition) is 0. The first-order valence-electron chi connectivity index (χ1n) is 4.56. The molecule has 5 nitrogen and oxygen atoms in total. The molecule has 0 aromatic rings. The first-order valence-corrected chi connectivity index (χ1v) is 4.56. The second-order valence-corrected chi connectivity index (χ2v) is 3.09. The van der Waals surface area contributed by atoms with Gasteiger partial charge in [0.2, 0.25) is 0 Å². The third kappa shape index (κ3) is 5.09. The Balaban J connectivity index is 3.80. The van der Waals surface area contributed by atoms with Gasteiger partial charge in [-0.05, 0) is 13.8 Å². The fraction of sp³-hybridized carbons (Fsp3) is 0.364. The molecule has 0 saturated carbocycles. The zero-order chi connectivity index (χ0) is 12.7. The maximum atomic E-state index is 11.1. The molecule has 0 saturated heterocycles. The average molecular weight is 226 g/mol. The van der Waals surface area contributed by atoms with E-state index in [4.69, 9.17) is 0 Å². The molecule has 0 bridgehead atoms. The van der Waals surface area contributed by atoms with Crippen molar-refractivity contribution >= 4 is 17.7 Å². The smallest absolute Gasteiger partial charge is 0.341 e. The van der Waals surface area contributed by atoms with E-state index in [0.29, 0.717) is 0 Å². The van der Waals surface area contributed by atoms with Crippen molar-refractivity contribution in [3.8, 4) is 0 Å². The summed E-state index contributed by atoms with van der Waals surface area (Å²) >= 11 is 0. The second-order valence-electron chi connectivity index (χ2n) is 3.09. The third-order valence-corrected chi connectivity index (χ3v) is 1.57. The Hall–Kier alpha value is -1.91. The summed E-state index contributed by atoms with van der Waals surface area (Å²) in [6, 6.07) is 0. The van der Waals surface area contributed by atoms with Crippen molar-refractivity contribution in [3.63, 3.8) is 0 Å². The van der Waals surface area contributed by atoms with Gasteiger partial charge >= 0.3 is 11.9 Å². The van der Waals surface area contributed by atoms with Crippen LogP contribution in [0.5, 0.6) is 0 Å². The minimum atomic E-state index is -0.807. The predicted octanol–water partition coefficient (Wildman–Crippen LogP) is 0.794. The van der Waals surface area contributed by atoms with Crippen LogP contribution in [0.25, 0.3) is 0 Å². The van der Waals surface area contributed by atoms with E-state index in [2.05, 4.69) is 22.6 Å². The molecule has 0 aromatic heterocycles. The number of carbonyl (C=O) groups is 3. The quantitative estimate of drug-likeness (QED) is 0.220. The van der Waals surface area contributed by atoms with Gasteiger partial charge in [-0.25, -0.2) is 9.59 Å². The first-order chi connectivity index (χ1) is 7.36. The first kappa shape index (κ1) is 14.1. The molecule has 0 spiro atoms. The highest BCUT2D eigenvalue weighted by molar-refractivity contribution is 6.15. The molecule has 0 aliphatic rings. The van der Waals surface area contributed by atoms with E-state index >= 15 is 0 Å². The molecule has 0 aromatic carbocycles. The van der Waals surface area contributed by atoms with Gasteiger partial charge in [-0.15, -0.1) is 0 Å². The molecule has 0 aliphatic heterocycles. The van der Waals surface area contributed by atoms with Crippen LogP contribution in [0.1, 0.15) is 13.8 Å². The lowest BCUT2D eigenvalue weighted by Crippen LogP contribution is -2.17. The summed E-state index contributed by atoms with van der Waals surface area (Å²) in [4.78, 5) is 32.7. The van der Waals surface area contributed by atoms with Crippen molar-refractivity contribution in [3.05, 3.63) is 24.3 Å². The van der Waals surface area contributed by atoms with Crippen LogP contribution in [-0.2, 0) is 23.9 Å². The summed E-state index contributed by atoms with van der Waals surface area (Å²) in [6.45, 7) is 9.15. The van der Waals surface area contributed by atoms with Crippen molar-refractivity contribution in [2.75, 3.05) is 13.2 Å². The molecular formula is C11H14O5. The number of ether oxygens (including phenoxy) is 2. The second kappa shape index (κ2) is 6.55. The van der Waals surface area contributed by atoms with Crippen molar-refractivity contribution in [1.82, 2.24) is 0 Å². The molecule has 16 heavy (non-hydrogen) atoms. The summed E-state index contributed by atoms with van der Waals surface area (Å²) in [5.41, 5.74) is 0.0331. The van der Waals surface area contributed by atoms with Crippen LogP contribution in [-0.4, -0.2) is 30.9 Å². The normalized spacial score (nSPS) is 9.12. The van der Waals surface area contributed by atoms with Crippen molar-refractivity contribution < 1.29 is 23.9 Å². The van der Waals surface area contributed by atoms with Gasteiger partial charge < -0.3 is 9.47 Å². The zero-order valence-electron chi connectivity index (χ0n) is 9.37. The van der Waals surface area contributed by atoms with Crippen molar-refractivity contribution in [1.29, 1.82) is 0 Å². The molecule has 0 aliphatic carbocycles. The van der Waals surface area contributed by atoms with Gasteiger partial charge in [0, 0.05) is 5.57 Å². The van der Waals surface area contributed by atoms with Crippen LogP contribution < -0.4 is 0 Å². The average Bonchev–Trinajstić information content (AvgIpc) is 2.22. The fourth-order valence-electron chi connectivity index (χ4n) is 0.623. The monoisotopic (exact) mass is 226 g/mol.